The van der Waals surface area contributed by atoms with E-state index in [4.69, 9.17) is 4.42 Å². The summed E-state index contributed by atoms with van der Waals surface area (Å²) >= 11 is 0. The molecule has 2 aromatic rings. The first-order valence-corrected chi connectivity index (χ1v) is 5.41. The number of phenols is 1. The average molecular weight is 212 g/mol. The molecule has 16 heavy (non-hydrogen) atoms. The molecule has 2 nitrogen and oxygen atoms in total. The van der Waals surface area contributed by atoms with Gasteiger partial charge in [0.15, 0.2) is 0 Å². The fourth-order valence-electron chi connectivity index (χ4n) is 2.18. The Hall–Kier alpha value is -1.96. The highest BCUT2D eigenvalue weighted by atomic mass is 16.3. The Morgan fingerprint density at radius 1 is 1.19 bits per heavy atom. The Labute approximate surface area is 93.8 Å². The molecule has 0 aliphatic heterocycles. The minimum absolute atomic E-state index is 0.304. The number of allylic oxidation sites excluding steroid dienone is 1. The van der Waals surface area contributed by atoms with Crippen LogP contribution in [0.1, 0.15) is 23.3 Å². The minimum atomic E-state index is 0.304. The van der Waals surface area contributed by atoms with Gasteiger partial charge < -0.3 is 9.52 Å². The second-order valence-corrected chi connectivity index (χ2v) is 3.98. The average Bonchev–Trinajstić information content (AvgIpc) is 2.81. The van der Waals surface area contributed by atoms with Gasteiger partial charge in [0.25, 0.3) is 0 Å². The Morgan fingerprint density at radius 2 is 2.12 bits per heavy atom. The summed E-state index contributed by atoms with van der Waals surface area (Å²) in [6, 6.07) is 9.37. The summed E-state index contributed by atoms with van der Waals surface area (Å²) in [7, 11) is 0. The zero-order chi connectivity index (χ0) is 11.0. The van der Waals surface area contributed by atoms with Crippen molar-refractivity contribution in [3.8, 4) is 5.75 Å². The van der Waals surface area contributed by atoms with Crippen LogP contribution in [0.2, 0.25) is 0 Å². The lowest BCUT2D eigenvalue weighted by atomic mass is 9.89. The zero-order valence-electron chi connectivity index (χ0n) is 8.81. The molecule has 0 atom stereocenters. The topological polar surface area (TPSA) is 33.4 Å². The van der Waals surface area contributed by atoms with Crippen LogP contribution in [0.15, 0.2) is 47.1 Å². The second kappa shape index (κ2) is 3.56. The number of hydrogen-bond acceptors (Lipinski definition) is 2. The summed E-state index contributed by atoms with van der Waals surface area (Å²) in [6.45, 7) is 0. The van der Waals surface area contributed by atoms with Gasteiger partial charge in [-0.05, 0) is 48.2 Å². The third kappa shape index (κ3) is 1.43. The predicted octanol–water partition coefficient (Wildman–Crippen LogP) is 3.36. The molecule has 1 aliphatic rings. The Bertz CT molecular complexity index is 536. The molecule has 2 heteroatoms. The number of fused-ring (bicyclic) bond motifs is 1. The number of furan rings is 1. The molecule has 0 unspecified atom stereocenters. The van der Waals surface area contributed by atoms with E-state index in [1.54, 1.807) is 12.3 Å². The first-order chi connectivity index (χ1) is 7.84. The van der Waals surface area contributed by atoms with Gasteiger partial charge in [-0.2, -0.15) is 0 Å². The summed E-state index contributed by atoms with van der Waals surface area (Å²) in [4.78, 5) is 0. The smallest absolute Gasteiger partial charge is 0.134 e. The first-order valence-electron chi connectivity index (χ1n) is 5.41. The van der Waals surface area contributed by atoms with Crippen molar-refractivity contribution in [2.24, 2.45) is 0 Å². The Morgan fingerprint density at radius 3 is 2.94 bits per heavy atom. The van der Waals surface area contributed by atoms with Crippen molar-refractivity contribution < 1.29 is 9.52 Å². The number of benzene rings is 1. The van der Waals surface area contributed by atoms with Crippen LogP contribution < -0.4 is 0 Å². The molecule has 1 N–H and O–H groups in total. The van der Waals surface area contributed by atoms with E-state index in [2.05, 4.69) is 6.08 Å². The van der Waals surface area contributed by atoms with E-state index in [0.29, 0.717) is 5.75 Å². The third-order valence-electron chi connectivity index (χ3n) is 2.93. The standard InChI is InChI=1S/C14H12O2/c15-11-7-6-10-3-1-4-12(13(10)9-11)14-5-2-8-16-14/h2,4-9,15H,1,3H2. The van der Waals surface area contributed by atoms with Crippen molar-refractivity contribution in [3.05, 3.63) is 59.6 Å². The molecular weight excluding hydrogens is 200 g/mol. The lowest BCUT2D eigenvalue weighted by Gasteiger charge is -2.16. The molecular formula is C14H12O2. The van der Waals surface area contributed by atoms with Crippen LogP contribution >= 0.6 is 0 Å². The monoisotopic (exact) mass is 212 g/mol. The normalized spacial score (nSPS) is 14.4. The van der Waals surface area contributed by atoms with Gasteiger partial charge in [-0.1, -0.05) is 12.1 Å². The van der Waals surface area contributed by atoms with Gasteiger partial charge in [-0.3, -0.25) is 0 Å². The van der Waals surface area contributed by atoms with E-state index < -0.39 is 0 Å². The van der Waals surface area contributed by atoms with Gasteiger partial charge in [0, 0.05) is 5.57 Å². The molecule has 1 aromatic carbocycles. The molecule has 1 aliphatic carbocycles. The highest BCUT2D eigenvalue weighted by Crippen LogP contribution is 2.33. The maximum atomic E-state index is 9.55. The molecule has 0 saturated carbocycles. The van der Waals surface area contributed by atoms with E-state index in [0.717, 1.165) is 29.7 Å². The van der Waals surface area contributed by atoms with E-state index in [-0.39, 0.29) is 0 Å². The molecule has 0 fully saturated rings. The SMILES string of the molecule is Oc1ccc2c(c1)C(c1ccco1)=CCC2. The molecule has 3 rings (SSSR count). The van der Waals surface area contributed by atoms with Crippen LogP contribution in [0.5, 0.6) is 5.75 Å². The van der Waals surface area contributed by atoms with Crippen molar-refractivity contribution in [1.82, 2.24) is 0 Å². The second-order valence-electron chi connectivity index (χ2n) is 3.98. The molecule has 80 valence electrons. The maximum absolute atomic E-state index is 9.55. The molecule has 0 saturated heterocycles. The minimum Gasteiger partial charge on any atom is -0.508 e. The number of aromatic hydroxyl groups is 1. The maximum Gasteiger partial charge on any atom is 0.134 e. The highest BCUT2D eigenvalue weighted by Gasteiger charge is 2.16. The van der Waals surface area contributed by atoms with E-state index >= 15 is 0 Å². The van der Waals surface area contributed by atoms with Gasteiger partial charge in [0.1, 0.15) is 11.5 Å². The lowest BCUT2D eigenvalue weighted by molar-refractivity contribution is 0.474. The number of hydrogen-bond donors (Lipinski definition) is 1. The van der Waals surface area contributed by atoms with Crippen LogP contribution in [0, 0.1) is 0 Å². The van der Waals surface area contributed by atoms with E-state index in [1.165, 1.54) is 5.56 Å². The molecule has 0 spiro atoms. The van der Waals surface area contributed by atoms with Gasteiger partial charge in [0.2, 0.25) is 0 Å². The van der Waals surface area contributed by atoms with Crippen molar-refractivity contribution in [2.75, 3.05) is 0 Å². The van der Waals surface area contributed by atoms with E-state index in [9.17, 15) is 5.11 Å². The highest BCUT2D eigenvalue weighted by molar-refractivity contribution is 5.80. The number of rotatable bonds is 1. The van der Waals surface area contributed by atoms with Crippen molar-refractivity contribution in [1.29, 1.82) is 0 Å². The summed E-state index contributed by atoms with van der Waals surface area (Å²) in [6.07, 6.45) is 5.89. The Kier molecular flexibility index (Phi) is 2.07. The van der Waals surface area contributed by atoms with E-state index in [1.807, 2.05) is 24.3 Å². The summed E-state index contributed by atoms with van der Waals surface area (Å²) < 4.78 is 5.42. The van der Waals surface area contributed by atoms with Gasteiger partial charge in [0.05, 0.1) is 6.26 Å². The van der Waals surface area contributed by atoms with Gasteiger partial charge >= 0.3 is 0 Å². The largest absolute Gasteiger partial charge is 0.508 e. The number of phenolic OH excluding ortho intramolecular Hbond substituents is 1. The fraction of sp³-hybridized carbons (Fsp3) is 0.143. The Balaban J connectivity index is 2.16. The summed E-state index contributed by atoms with van der Waals surface area (Å²) in [5, 5.41) is 9.55. The fourth-order valence-corrected chi connectivity index (χ4v) is 2.18. The van der Waals surface area contributed by atoms with Crippen LogP contribution in [-0.4, -0.2) is 5.11 Å². The molecule has 0 amide bonds. The van der Waals surface area contributed by atoms with Crippen LogP contribution in [-0.2, 0) is 6.42 Å². The summed E-state index contributed by atoms with van der Waals surface area (Å²) in [5.41, 5.74) is 3.44. The summed E-state index contributed by atoms with van der Waals surface area (Å²) in [5.74, 6) is 1.17. The molecule has 1 heterocycles. The van der Waals surface area contributed by atoms with Crippen LogP contribution in [0.4, 0.5) is 0 Å². The van der Waals surface area contributed by atoms with Crippen molar-refractivity contribution >= 4 is 5.57 Å². The van der Waals surface area contributed by atoms with Gasteiger partial charge in [-0.15, -0.1) is 0 Å². The van der Waals surface area contributed by atoms with Crippen molar-refractivity contribution in [2.45, 2.75) is 12.8 Å². The molecule has 1 aromatic heterocycles. The van der Waals surface area contributed by atoms with Crippen molar-refractivity contribution in [3.63, 3.8) is 0 Å². The van der Waals surface area contributed by atoms with Gasteiger partial charge in [-0.25, -0.2) is 0 Å². The quantitative estimate of drug-likeness (QED) is 0.786. The first kappa shape index (κ1) is 9.28. The molecule has 0 radical (unpaired) electrons. The number of aryl methyl sites for hydroxylation is 1. The third-order valence-corrected chi connectivity index (χ3v) is 2.93. The lowest BCUT2D eigenvalue weighted by Crippen LogP contribution is -1.99. The zero-order valence-corrected chi connectivity index (χ0v) is 8.81. The van der Waals surface area contributed by atoms with Crippen LogP contribution in [0.25, 0.3) is 5.57 Å². The van der Waals surface area contributed by atoms with Crippen LogP contribution in [0.3, 0.4) is 0 Å². The molecule has 0 bridgehead atoms. The predicted molar refractivity (Wildman–Crippen MR) is 62.2 cm³/mol.